The number of morpholine rings is 1. The zero-order valence-electron chi connectivity index (χ0n) is 10.6. The molecule has 0 amide bonds. The Labute approximate surface area is 108 Å². The van der Waals surface area contributed by atoms with Gasteiger partial charge in [-0.2, -0.15) is 0 Å². The maximum Gasteiger partial charge on any atom is 0.0728 e. The highest BCUT2D eigenvalue weighted by Gasteiger charge is 2.17. The average Bonchev–Trinajstić information content (AvgIpc) is 2.37. The molecule has 2 fully saturated rings. The van der Waals surface area contributed by atoms with Crippen molar-refractivity contribution in [2.45, 2.75) is 12.6 Å². The molecule has 0 spiro atoms. The zero-order chi connectivity index (χ0) is 12.2. The fourth-order valence-electron chi connectivity index (χ4n) is 2.28. The minimum Gasteiger partial charge on any atom is -0.379 e. The lowest BCUT2D eigenvalue weighted by Crippen LogP contribution is -2.40. The number of benzene rings is 1. The van der Waals surface area contributed by atoms with E-state index in [1.54, 1.807) is 0 Å². The molecule has 2 aliphatic heterocycles. The van der Waals surface area contributed by atoms with Crippen LogP contribution in [0.5, 0.6) is 0 Å². The highest BCUT2D eigenvalue weighted by molar-refractivity contribution is 5.45. The van der Waals surface area contributed by atoms with Gasteiger partial charge in [0.25, 0.3) is 0 Å². The second kappa shape index (κ2) is 5.69. The lowest BCUT2D eigenvalue weighted by atomic mass is 10.1. The van der Waals surface area contributed by atoms with Crippen LogP contribution in [0.2, 0.25) is 0 Å². The van der Waals surface area contributed by atoms with Crippen molar-refractivity contribution >= 4 is 5.69 Å². The number of hydrogen-bond acceptors (Lipinski definition) is 4. The summed E-state index contributed by atoms with van der Waals surface area (Å²) in [5, 5.41) is 3.45. The summed E-state index contributed by atoms with van der Waals surface area (Å²) in [5.41, 5.74) is 2.56. The van der Waals surface area contributed by atoms with Crippen LogP contribution in [0, 0.1) is 0 Å². The Hall–Kier alpha value is -1.10. The molecule has 98 valence electrons. The molecule has 0 aliphatic carbocycles. The van der Waals surface area contributed by atoms with Gasteiger partial charge in [-0.05, 0) is 17.7 Å². The Kier molecular flexibility index (Phi) is 3.78. The van der Waals surface area contributed by atoms with E-state index in [2.05, 4.69) is 34.5 Å². The summed E-state index contributed by atoms with van der Waals surface area (Å²) in [6, 6.07) is 9.23. The van der Waals surface area contributed by atoms with E-state index in [1.807, 2.05) is 0 Å². The van der Waals surface area contributed by atoms with E-state index in [0.717, 1.165) is 46.1 Å². The van der Waals surface area contributed by atoms with Gasteiger partial charge in [0.15, 0.2) is 0 Å². The van der Waals surface area contributed by atoms with Gasteiger partial charge in [0.1, 0.15) is 0 Å². The lowest BCUT2D eigenvalue weighted by molar-refractivity contribution is 0.0211. The Balaban J connectivity index is 1.52. The summed E-state index contributed by atoms with van der Waals surface area (Å²) in [5.74, 6) is 0. The predicted molar refractivity (Wildman–Crippen MR) is 70.8 cm³/mol. The van der Waals surface area contributed by atoms with E-state index in [9.17, 15) is 0 Å². The Morgan fingerprint density at radius 3 is 2.39 bits per heavy atom. The molecule has 1 N–H and O–H groups in total. The molecule has 4 nitrogen and oxygen atoms in total. The maximum atomic E-state index is 5.36. The number of nitrogens with zero attached hydrogens (tertiary/aromatic N) is 1. The summed E-state index contributed by atoms with van der Waals surface area (Å²) in [7, 11) is 0. The largest absolute Gasteiger partial charge is 0.379 e. The van der Waals surface area contributed by atoms with E-state index >= 15 is 0 Å². The number of hydrogen-bond donors (Lipinski definition) is 1. The molecule has 0 saturated carbocycles. The highest BCUT2D eigenvalue weighted by Crippen LogP contribution is 2.15. The van der Waals surface area contributed by atoms with Gasteiger partial charge in [0.05, 0.1) is 32.5 Å². The fourth-order valence-corrected chi connectivity index (χ4v) is 2.28. The van der Waals surface area contributed by atoms with Gasteiger partial charge in [-0.3, -0.25) is 4.90 Å². The van der Waals surface area contributed by atoms with E-state index < -0.39 is 0 Å². The summed E-state index contributed by atoms with van der Waals surface area (Å²) < 4.78 is 10.5. The SMILES string of the molecule is c1cc(NC2COC2)ccc1CN1CCOCC1. The molecule has 1 aromatic rings. The van der Waals surface area contributed by atoms with Crippen LogP contribution in [0.3, 0.4) is 0 Å². The van der Waals surface area contributed by atoms with Crippen LogP contribution >= 0.6 is 0 Å². The molecule has 2 aliphatic rings. The van der Waals surface area contributed by atoms with E-state index in [1.165, 1.54) is 11.3 Å². The lowest BCUT2D eigenvalue weighted by Gasteiger charge is -2.28. The van der Waals surface area contributed by atoms with Crippen molar-refractivity contribution in [1.29, 1.82) is 0 Å². The third-order valence-corrected chi connectivity index (χ3v) is 3.47. The topological polar surface area (TPSA) is 33.7 Å². The van der Waals surface area contributed by atoms with E-state index in [4.69, 9.17) is 9.47 Å². The quantitative estimate of drug-likeness (QED) is 0.871. The van der Waals surface area contributed by atoms with Crippen molar-refractivity contribution in [2.24, 2.45) is 0 Å². The zero-order valence-corrected chi connectivity index (χ0v) is 10.6. The monoisotopic (exact) mass is 248 g/mol. The smallest absolute Gasteiger partial charge is 0.0728 e. The predicted octanol–water partition coefficient (Wildman–Crippen LogP) is 1.33. The molecule has 18 heavy (non-hydrogen) atoms. The van der Waals surface area contributed by atoms with Gasteiger partial charge >= 0.3 is 0 Å². The molecule has 0 unspecified atom stereocenters. The van der Waals surface area contributed by atoms with Crippen LogP contribution in [0.25, 0.3) is 0 Å². The van der Waals surface area contributed by atoms with Gasteiger partial charge in [-0.15, -0.1) is 0 Å². The summed E-state index contributed by atoms with van der Waals surface area (Å²) in [6.45, 7) is 6.49. The van der Waals surface area contributed by atoms with Crippen molar-refractivity contribution < 1.29 is 9.47 Å². The second-order valence-corrected chi connectivity index (χ2v) is 4.96. The van der Waals surface area contributed by atoms with Crippen LogP contribution in [0.4, 0.5) is 5.69 Å². The average molecular weight is 248 g/mol. The molecule has 3 rings (SSSR count). The Morgan fingerprint density at radius 1 is 1.06 bits per heavy atom. The van der Waals surface area contributed by atoms with Crippen molar-refractivity contribution in [3.63, 3.8) is 0 Å². The Morgan fingerprint density at radius 2 is 1.78 bits per heavy atom. The standard InChI is InChI=1S/C14H20N2O2/c1-3-13(15-14-10-18-11-14)4-2-12(1)9-16-5-7-17-8-6-16/h1-4,14-15H,5-11H2. The molecular formula is C14H20N2O2. The van der Waals surface area contributed by atoms with Gasteiger partial charge in [0.2, 0.25) is 0 Å². The van der Waals surface area contributed by atoms with Gasteiger partial charge in [0, 0.05) is 25.3 Å². The summed E-state index contributed by atoms with van der Waals surface area (Å²) in [4.78, 5) is 2.44. The first-order valence-electron chi connectivity index (χ1n) is 6.63. The third-order valence-electron chi connectivity index (χ3n) is 3.47. The van der Waals surface area contributed by atoms with Crippen LogP contribution in [0.1, 0.15) is 5.56 Å². The number of anilines is 1. The summed E-state index contributed by atoms with van der Waals surface area (Å²) >= 11 is 0. The highest BCUT2D eigenvalue weighted by atomic mass is 16.5. The van der Waals surface area contributed by atoms with Crippen molar-refractivity contribution in [2.75, 3.05) is 44.8 Å². The van der Waals surface area contributed by atoms with E-state index in [0.29, 0.717) is 6.04 Å². The molecule has 4 heteroatoms. The first-order valence-corrected chi connectivity index (χ1v) is 6.63. The van der Waals surface area contributed by atoms with Crippen LogP contribution < -0.4 is 5.32 Å². The number of nitrogens with one attached hydrogen (secondary N) is 1. The van der Waals surface area contributed by atoms with Crippen molar-refractivity contribution in [3.8, 4) is 0 Å². The maximum absolute atomic E-state index is 5.36. The first-order chi connectivity index (χ1) is 8.90. The summed E-state index contributed by atoms with van der Waals surface area (Å²) in [6.07, 6.45) is 0. The van der Waals surface area contributed by atoms with E-state index in [-0.39, 0.29) is 0 Å². The number of ether oxygens (including phenoxy) is 2. The minimum atomic E-state index is 0.495. The van der Waals surface area contributed by atoms with Crippen molar-refractivity contribution in [3.05, 3.63) is 29.8 Å². The molecule has 0 radical (unpaired) electrons. The molecular weight excluding hydrogens is 228 g/mol. The van der Waals surface area contributed by atoms with Gasteiger partial charge in [-0.1, -0.05) is 12.1 Å². The van der Waals surface area contributed by atoms with Gasteiger partial charge in [-0.25, -0.2) is 0 Å². The molecule has 2 heterocycles. The molecule has 1 aromatic carbocycles. The second-order valence-electron chi connectivity index (χ2n) is 4.96. The van der Waals surface area contributed by atoms with Crippen LogP contribution in [0.15, 0.2) is 24.3 Å². The molecule has 0 aromatic heterocycles. The van der Waals surface area contributed by atoms with Gasteiger partial charge < -0.3 is 14.8 Å². The molecule has 2 saturated heterocycles. The van der Waals surface area contributed by atoms with Crippen molar-refractivity contribution in [1.82, 2.24) is 4.90 Å². The number of rotatable bonds is 4. The fraction of sp³-hybridized carbons (Fsp3) is 0.571. The molecule has 0 atom stereocenters. The van der Waals surface area contributed by atoms with Crippen LogP contribution in [-0.4, -0.2) is 50.5 Å². The third kappa shape index (κ3) is 3.02. The normalized spacial score (nSPS) is 21.6. The minimum absolute atomic E-state index is 0.495. The molecule has 0 bridgehead atoms. The Bertz CT molecular complexity index is 370. The van der Waals surface area contributed by atoms with Crippen LogP contribution in [-0.2, 0) is 16.0 Å². The first kappa shape index (κ1) is 12.0.